The highest BCUT2D eigenvalue weighted by molar-refractivity contribution is 5.97. The minimum absolute atomic E-state index is 0.0854. The number of fused-ring (bicyclic) bond motifs is 3. The van der Waals surface area contributed by atoms with Crippen LogP contribution in [0.25, 0.3) is 11.1 Å². The summed E-state index contributed by atoms with van der Waals surface area (Å²) < 4.78 is 5.52. The van der Waals surface area contributed by atoms with Crippen molar-refractivity contribution in [2.24, 2.45) is 5.92 Å². The van der Waals surface area contributed by atoms with Crippen LogP contribution in [0.4, 0.5) is 0 Å². The molecular weight excluding hydrogens is 394 g/mol. The SMILES string of the molecule is C=C(OCC)C(=O)[C@H](CC(C)C)NC1(c2ccccc2)c2ccccc2-c2ccccc21. The molecule has 3 heteroatoms. The monoisotopic (exact) mass is 425 g/mol. The zero-order valence-electron chi connectivity index (χ0n) is 19.1. The molecule has 32 heavy (non-hydrogen) atoms. The van der Waals surface area contributed by atoms with Gasteiger partial charge in [0.25, 0.3) is 0 Å². The Labute approximate surface area is 191 Å². The van der Waals surface area contributed by atoms with E-state index in [1.54, 1.807) is 0 Å². The van der Waals surface area contributed by atoms with E-state index >= 15 is 0 Å². The van der Waals surface area contributed by atoms with Crippen LogP contribution < -0.4 is 5.32 Å². The summed E-state index contributed by atoms with van der Waals surface area (Å²) in [5.41, 5.74) is 5.18. The minimum Gasteiger partial charge on any atom is -0.491 e. The fourth-order valence-electron chi connectivity index (χ4n) is 4.88. The Morgan fingerprint density at radius 1 is 0.906 bits per heavy atom. The van der Waals surface area contributed by atoms with Gasteiger partial charge in [0.2, 0.25) is 5.78 Å². The van der Waals surface area contributed by atoms with Crippen LogP contribution in [0.1, 0.15) is 43.9 Å². The van der Waals surface area contributed by atoms with E-state index in [2.05, 4.69) is 98.5 Å². The Balaban J connectivity index is 1.93. The van der Waals surface area contributed by atoms with Gasteiger partial charge in [-0.2, -0.15) is 0 Å². The van der Waals surface area contributed by atoms with Gasteiger partial charge in [0, 0.05) is 0 Å². The molecule has 0 amide bonds. The molecule has 0 spiro atoms. The highest BCUT2D eigenvalue weighted by Gasteiger charge is 2.46. The molecule has 0 aliphatic heterocycles. The molecule has 3 aromatic carbocycles. The van der Waals surface area contributed by atoms with Gasteiger partial charge in [0.15, 0.2) is 5.76 Å². The second-order valence-electron chi connectivity index (χ2n) is 8.75. The van der Waals surface area contributed by atoms with Gasteiger partial charge in [-0.3, -0.25) is 10.1 Å². The first-order chi connectivity index (χ1) is 15.5. The first kappa shape index (κ1) is 22.0. The van der Waals surface area contributed by atoms with E-state index in [0.717, 1.165) is 16.7 Å². The molecule has 1 N–H and O–H groups in total. The average molecular weight is 426 g/mol. The van der Waals surface area contributed by atoms with Crippen molar-refractivity contribution in [1.82, 2.24) is 5.32 Å². The lowest BCUT2D eigenvalue weighted by Crippen LogP contribution is -2.52. The van der Waals surface area contributed by atoms with Gasteiger partial charge in [0.1, 0.15) is 0 Å². The lowest BCUT2D eigenvalue weighted by molar-refractivity contribution is -0.121. The van der Waals surface area contributed by atoms with Crippen molar-refractivity contribution < 1.29 is 9.53 Å². The summed E-state index contributed by atoms with van der Waals surface area (Å²) in [5, 5.41) is 3.84. The number of benzene rings is 3. The molecule has 164 valence electrons. The highest BCUT2D eigenvalue weighted by Crippen LogP contribution is 2.51. The van der Waals surface area contributed by atoms with Crippen molar-refractivity contribution in [3.8, 4) is 11.1 Å². The summed E-state index contributed by atoms with van der Waals surface area (Å²) in [6.45, 7) is 10.5. The van der Waals surface area contributed by atoms with Gasteiger partial charge >= 0.3 is 0 Å². The van der Waals surface area contributed by atoms with Crippen molar-refractivity contribution in [1.29, 1.82) is 0 Å². The Morgan fingerprint density at radius 2 is 1.44 bits per heavy atom. The predicted octanol–water partition coefficient (Wildman–Crippen LogP) is 6.08. The maximum atomic E-state index is 13.5. The molecule has 0 saturated carbocycles. The Hall–Kier alpha value is -3.17. The number of carbonyl (C=O) groups excluding carboxylic acids is 1. The number of carbonyl (C=O) groups is 1. The first-order valence-electron chi connectivity index (χ1n) is 11.4. The quantitative estimate of drug-likeness (QED) is 0.333. The third-order valence-corrected chi connectivity index (χ3v) is 6.17. The molecule has 4 rings (SSSR count). The molecule has 0 saturated heterocycles. The zero-order valence-corrected chi connectivity index (χ0v) is 19.1. The van der Waals surface area contributed by atoms with Crippen LogP contribution in [0.15, 0.2) is 91.2 Å². The highest BCUT2D eigenvalue weighted by atomic mass is 16.5. The largest absolute Gasteiger partial charge is 0.491 e. The molecule has 1 atom stereocenters. The molecule has 0 radical (unpaired) electrons. The second kappa shape index (κ2) is 9.13. The maximum absolute atomic E-state index is 13.5. The Kier molecular flexibility index (Phi) is 6.29. The van der Waals surface area contributed by atoms with Gasteiger partial charge in [-0.25, -0.2) is 0 Å². The summed E-state index contributed by atoms with van der Waals surface area (Å²) in [6.07, 6.45) is 0.684. The number of ether oxygens (including phenoxy) is 1. The molecule has 3 nitrogen and oxygen atoms in total. The van der Waals surface area contributed by atoms with Crippen LogP contribution in [0.3, 0.4) is 0 Å². The molecule has 0 unspecified atom stereocenters. The fourth-order valence-corrected chi connectivity index (χ4v) is 4.88. The Morgan fingerprint density at radius 3 is 1.97 bits per heavy atom. The Bertz CT molecular complexity index is 1070. The number of rotatable bonds is 9. The van der Waals surface area contributed by atoms with Gasteiger partial charge in [-0.1, -0.05) is 99.3 Å². The summed E-state index contributed by atoms with van der Waals surface area (Å²) in [4.78, 5) is 13.5. The number of nitrogens with one attached hydrogen (secondary N) is 1. The van der Waals surface area contributed by atoms with Crippen molar-refractivity contribution in [2.75, 3.05) is 6.61 Å². The summed E-state index contributed by atoms with van der Waals surface area (Å²) in [5.74, 6) is 0.455. The minimum atomic E-state index is -0.643. The average Bonchev–Trinajstić information content (AvgIpc) is 3.09. The van der Waals surface area contributed by atoms with Crippen molar-refractivity contribution >= 4 is 5.78 Å². The lowest BCUT2D eigenvalue weighted by atomic mass is 9.79. The third kappa shape index (κ3) is 3.78. The molecule has 0 bridgehead atoms. The van der Waals surface area contributed by atoms with E-state index in [4.69, 9.17) is 4.74 Å². The van der Waals surface area contributed by atoms with Crippen LogP contribution in [-0.2, 0) is 15.1 Å². The van der Waals surface area contributed by atoms with Crippen LogP contribution in [0, 0.1) is 5.92 Å². The summed E-state index contributed by atoms with van der Waals surface area (Å²) >= 11 is 0. The van der Waals surface area contributed by atoms with Gasteiger partial charge in [0.05, 0.1) is 18.2 Å². The molecular formula is C29H31NO2. The van der Waals surface area contributed by atoms with Crippen LogP contribution >= 0.6 is 0 Å². The molecule has 1 aliphatic carbocycles. The van der Waals surface area contributed by atoms with E-state index in [-0.39, 0.29) is 11.5 Å². The van der Waals surface area contributed by atoms with E-state index < -0.39 is 11.6 Å². The predicted molar refractivity (Wildman–Crippen MR) is 130 cm³/mol. The van der Waals surface area contributed by atoms with Crippen LogP contribution in [0.5, 0.6) is 0 Å². The van der Waals surface area contributed by atoms with Gasteiger partial charge < -0.3 is 4.74 Å². The molecule has 3 aromatic rings. The van der Waals surface area contributed by atoms with Gasteiger partial charge in [-0.15, -0.1) is 0 Å². The maximum Gasteiger partial charge on any atom is 0.213 e. The number of ketones is 1. The van der Waals surface area contributed by atoms with E-state index in [0.29, 0.717) is 18.9 Å². The molecule has 0 heterocycles. The van der Waals surface area contributed by atoms with Gasteiger partial charge in [-0.05, 0) is 47.1 Å². The normalized spacial score (nSPS) is 14.5. The first-order valence-corrected chi connectivity index (χ1v) is 11.4. The zero-order chi connectivity index (χ0) is 22.7. The topological polar surface area (TPSA) is 38.3 Å². The molecule has 0 aromatic heterocycles. The van der Waals surface area contributed by atoms with E-state index in [9.17, 15) is 4.79 Å². The lowest BCUT2D eigenvalue weighted by Gasteiger charge is -2.38. The van der Waals surface area contributed by atoms with E-state index in [1.165, 1.54) is 11.1 Å². The molecule has 1 aliphatic rings. The van der Waals surface area contributed by atoms with Crippen molar-refractivity contribution in [3.63, 3.8) is 0 Å². The van der Waals surface area contributed by atoms with Crippen LogP contribution in [-0.4, -0.2) is 18.4 Å². The summed E-state index contributed by atoms with van der Waals surface area (Å²) in [7, 11) is 0. The third-order valence-electron chi connectivity index (χ3n) is 6.17. The number of hydrogen-bond donors (Lipinski definition) is 1. The number of hydrogen-bond acceptors (Lipinski definition) is 3. The fraction of sp³-hybridized carbons (Fsp3) is 0.276. The van der Waals surface area contributed by atoms with Crippen molar-refractivity contribution in [2.45, 2.75) is 38.8 Å². The summed E-state index contributed by atoms with van der Waals surface area (Å²) in [6, 6.07) is 26.9. The smallest absolute Gasteiger partial charge is 0.213 e. The van der Waals surface area contributed by atoms with E-state index in [1.807, 2.05) is 13.0 Å². The standard InChI is InChI=1S/C29H31NO2/c1-5-32-21(4)28(31)27(19-20(2)3)30-29(22-13-7-6-8-14-22)25-17-11-9-15-23(25)24-16-10-12-18-26(24)29/h6-18,20,27,30H,4-5,19H2,1-3H3/t27-/m0/s1. The molecule has 0 fully saturated rings. The van der Waals surface area contributed by atoms with Crippen molar-refractivity contribution in [3.05, 3.63) is 108 Å². The second-order valence-corrected chi connectivity index (χ2v) is 8.75. The number of Topliss-reactive ketones (excluding diaryl/α,β-unsaturated/α-hetero) is 1. The van der Waals surface area contributed by atoms with Crippen LogP contribution in [0.2, 0.25) is 0 Å².